The molecule has 0 spiro atoms. The molecule has 0 bridgehead atoms. The van der Waals surface area contributed by atoms with E-state index < -0.39 is 5.25 Å². The summed E-state index contributed by atoms with van der Waals surface area (Å²) >= 11 is 1.28. The number of carbonyl (C=O) groups excluding carboxylic acids is 1. The topological polar surface area (TPSA) is 63.9 Å². The molecule has 0 saturated carbocycles. The number of rotatable bonds is 5. The highest BCUT2D eigenvalue weighted by Crippen LogP contribution is 2.36. The first-order valence-corrected chi connectivity index (χ1v) is 9.65. The van der Waals surface area contributed by atoms with Gasteiger partial charge in [-0.25, -0.2) is 4.39 Å². The predicted octanol–water partition coefficient (Wildman–Crippen LogP) is 3.26. The van der Waals surface area contributed by atoms with Gasteiger partial charge in [-0.1, -0.05) is 48.2 Å². The quantitative estimate of drug-likeness (QED) is 0.633. The highest BCUT2D eigenvalue weighted by atomic mass is 32.2. The van der Waals surface area contributed by atoms with Crippen LogP contribution in [-0.2, 0) is 4.79 Å². The Morgan fingerprint density at radius 2 is 1.85 bits per heavy atom. The van der Waals surface area contributed by atoms with Gasteiger partial charge in [-0.2, -0.15) is 4.68 Å². The Kier molecular flexibility index (Phi) is 5.15. The lowest BCUT2D eigenvalue weighted by molar-refractivity contribution is -0.129. The van der Waals surface area contributed by atoms with Gasteiger partial charge in [-0.05, 0) is 47.0 Å². The molecule has 1 amide bonds. The molecule has 1 fully saturated rings. The molecule has 1 aliphatic heterocycles. The molecular formula is C19H18FN5OS. The summed E-state index contributed by atoms with van der Waals surface area (Å²) in [6.45, 7) is 1.55. The van der Waals surface area contributed by atoms with E-state index in [2.05, 4.69) is 15.5 Å². The molecule has 8 heteroatoms. The normalized spacial score (nSPS) is 15.1. The molecule has 2 heterocycles. The fourth-order valence-corrected chi connectivity index (χ4v) is 4.20. The standard InChI is InChI=1S/C19H18FN5OS/c20-15-9-6-10-16(13-15)25-19(21-22-23-25)27-17(14-7-2-1-3-8-14)18(26)24-11-4-5-12-24/h1-3,6-10,13,17H,4-5,11-12H2/t17-/m1/s1. The zero-order valence-electron chi connectivity index (χ0n) is 14.5. The summed E-state index contributed by atoms with van der Waals surface area (Å²) in [4.78, 5) is 15.0. The third-order valence-electron chi connectivity index (χ3n) is 4.46. The summed E-state index contributed by atoms with van der Waals surface area (Å²) in [5, 5.41) is 11.8. The largest absolute Gasteiger partial charge is 0.341 e. The Labute approximate surface area is 160 Å². The molecule has 1 saturated heterocycles. The van der Waals surface area contributed by atoms with Crippen molar-refractivity contribution in [3.05, 3.63) is 66.0 Å². The molecule has 27 heavy (non-hydrogen) atoms. The SMILES string of the molecule is O=C([C@H](Sc1nnnn1-c1cccc(F)c1)c1ccccc1)N1CCCC1. The highest BCUT2D eigenvalue weighted by molar-refractivity contribution is 8.00. The number of halogens is 1. The number of nitrogens with zero attached hydrogens (tertiary/aromatic N) is 5. The third kappa shape index (κ3) is 3.85. The zero-order chi connectivity index (χ0) is 18.6. The van der Waals surface area contributed by atoms with Crippen molar-refractivity contribution >= 4 is 17.7 Å². The molecule has 138 valence electrons. The van der Waals surface area contributed by atoms with Gasteiger partial charge in [-0.15, -0.1) is 5.10 Å². The first-order valence-electron chi connectivity index (χ1n) is 8.77. The van der Waals surface area contributed by atoms with Crippen LogP contribution < -0.4 is 0 Å². The van der Waals surface area contributed by atoms with Crippen molar-refractivity contribution in [2.45, 2.75) is 23.2 Å². The Bertz CT molecular complexity index is 927. The summed E-state index contributed by atoms with van der Waals surface area (Å²) < 4.78 is 15.1. The van der Waals surface area contributed by atoms with Crippen LogP contribution in [0.5, 0.6) is 0 Å². The van der Waals surface area contributed by atoms with Crippen LogP contribution in [0.25, 0.3) is 5.69 Å². The van der Waals surface area contributed by atoms with Crippen molar-refractivity contribution in [3.63, 3.8) is 0 Å². The van der Waals surface area contributed by atoms with E-state index in [-0.39, 0.29) is 11.7 Å². The van der Waals surface area contributed by atoms with Gasteiger partial charge in [-0.3, -0.25) is 4.79 Å². The lowest BCUT2D eigenvalue weighted by atomic mass is 10.1. The van der Waals surface area contributed by atoms with Gasteiger partial charge in [0.05, 0.1) is 5.69 Å². The minimum absolute atomic E-state index is 0.0532. The number of aromatic nitrogens is 4. The Balaban J connectivity index is 1.67. The van der Waals surface area contributed by atoms with Gasteiger partial charge >= 0.3 is 0 Å². The molecule has 0 radical (unpaired) electrons. The van der Waals surface area contributed by atoms with Crippen LogP contribution in [0, 0.1) is 5.82 Å². The van der Waals surface area contributed by atoms with E-state index in [1.165, 1.54) is 28.6 Å². The number of benzene rings is 2. The van der Waals surface area contributed by atoms with Crippen LogP contribution >= 0.6 is 11.8 Å². The van der Waals surface area contributed by atoms with Crippen LogP contribution in [-0.4, -0.2) is 44.1 Å². The van der Waals surface area contributed by atoms with Crippen molar-refractivity contribution in [1.29, 1.82) is 0 Å². The van der Waals surface area contributed by atoms with E-state index in [0.29, 0.717) is 10.8 Å². The van der Waals surface area contributed by atoms with Crippen LogP contribution in [0.1, 0.15) is 23.7 Å². The molecule has 4 rings (SSSR count). The molecule has 2 aromatic carbocycles. The van der Waals surface area contributed by atoms with Crippen LogP contribution in [0.2, 0.25) is 0 Å². The number of hydrogen-bond acceptors (Lipinski definition) is 5. The van der Waals surface area contributed by atoms with Crippen molar-refractivity contribution in [3.8, 4) is 5.69 Å². The summed E-state index contributed by atoms with van der Waals surface area (Å²) in [6.07, 6.45) is 2.05. The highest BCUT2D eigenvalue weighted by Gasteiger charge is 2.30. The second-order valence-corrected chi connectivity index (χ2v) is 7.37. The summed E-state index contributed by atoms with van der Waals surface area (Å²) in [5.41, 5.74) is 1.41. The maximum absolute atomic E-state index is 13.6. The number of likely N-dealkylation sites (tertiary alicyclic amines) is 1. The predicted molar refractivity (Wildman–Crippen MR) is 100.0 cm³/mol. The van der Waals surface area contributed by atoms with E-state index in [1.54, 1.807) is 12.1 Å². The van der Waals surface area contributed by atoms with Gasteiger partial charge in [0.2, 0.25) is 11.1 Å². The minimum Gasteiger partial charge on any atom is -0.341 e. The summed E-state index contributed by atoms with van der Waals surface area (Å²) in [7, 11) is 0. The monoisotopic (exact) mass is 383 g/mol. The molecule has 1 aromatic heterocycles. The van der Waals surface area contributed by atoms with Gasteiger partial charge in [0.15, 0.2) is 0 Å². The van der Waals surface area contributed by atoms with Crippen LogP contribution in [0.15, 0.2) is 59.8 Å². The number of carbonyl (C=O) groups is 1. The lowest BCUT2D eigenvalue weighted by Crippen LogP contribution is -2.31. The summed E-state index contributed by atoms with van der Waals surface area (Å²) in [6, 6.07) is 15.7. The maximum atomic E-state index is 13.6. The second kappa shape index (κ2) is 7.87. The lowest BCUT2D eigenvalue weighted by Gasteiger charge is -2.22. The van der Waals surface area contributed by atoms with Crippen molar-refractivity contribution in [1.82, 2.24) is 25.1 Å². The molecule has 6 nitrogen and oxygen atoms in total. The van der Waals surface area contributed by atoms with E-state index in [0.717, 1.165) is 31.5 Å². The number of thioether (sulfide) groups is 1. The van der Waals surface area contributed by atoms with Gasteiger partial charge < -0.3 is 4.90 Å². The average molecular weight is 383 g/mol. The fraction of sp³-hybridized carbons (Fsp3) is 0.263. The summed E-state index contributed by atoms with van der Waals surface area (Å²) in [5.74, 6) is -0.316. The van der Waals surface area contributed by atoms with E-state index in [4.69, 9.17) is 0 Å². The van der Waals surface area contributed by atoms with E-state index >= 15 is 0 Å². The number of amides is 1. The minimum atomic E-state index is -0.456. The first-order chi connectivity index (χ1) is 13.2. The number of tetrazole rings is 1. The Morgan fingerprint density at radius 1 is 1.07 bits per heavy atom. The van der Waals surface area contributed by atoms with Crippen molar-refractivity contribution in [2.75, 3.05) is 13.1 Å². The van der Waals surface area contributed by atoms with Gasteiger partial charge in [0.1, 0.15) is 11.1 Å². The average Bonchev–Trinajstić information content (AvgIpc) is 3.38. The first kappa shape index (κ1) is 17.7. The molecule has 0 aliphatic carbocycles. The maximum Gasteiger partial charge on any atom is 0.240 e. The molecule has 1 atom stereocenters. The molecule has 3 aromatic rings. The third-order valence-corrected chi connectivity index (χ3v) is 5.64. The van der Waals surface area contributed by atoms with Gasteiger partial charge in [0.25, 0.3) is 0 Å². The van der Waals surface area contributed by atoms with Crippen LogP contribution in [0.4, 0.5) is 4.39 Å². The molecule has 0 N–H and O–H groups in total. The zero-order valence-corrected chi connectivity index (χ0v) is 15.3. The molecule has 0 unspecified atom stereocenters. The Hall–Kier alpha value is -2.74. The van der Waals surface area contributed by atoms with E-state index in [1.807, 2.05) is 35.2 Å². The second-order valence-electron chi connectivity index (χ2n) is 6.29. The smallest absolute Gasteiger partial charge is 0.240 e. The van der Waals surface area contributed by atoms with Gasteiger partial charge in [0, 0.05) is 13.1 Å². The molecule has 1 aliphatic rings. The number of hydrogen-bond donors (Lipinski definition) is 0. The van der Waals surface area contributed by atoms with E-state index in [9.17, 15) is 9.18 Å². The van der Waals surface area contributed by atoms with Crippen molar-refractivity contribution in [2.24, 2.45) is 0 Å². The van der Waals surface area contributed by atoms with Crippen molar-refractivity contribution < 1.29 is 9.18 Å². The van der Waals surface area contributed by atoms with Crippen LogP contribution in [0.3, 0.4) is 0 Å². The molecular weight excluding hydrogens is 365 g/mol. The Morgan fingerprint density at radius 3 is 2.59 bits per heavy atom. The fourth-order valence-electron chi connectivity index (χ4n) is 3.12.